The van der Waals surface area contributed by atoms with E-state index in [0.717, 1.165) is 16.9 Å². The van der Waals surface area contributed by atoms with Crippen molar-refractivity contribution in [3.63, 3.8) is 0 Å². The van der Waals surface area contributed by atoms with Crippen LogP contribution in [0.2, 0.25) is 10.0 Å². The first-order chi connectivity index (χ1) is 15.0. The lowest BCUT2D eigenvalue weighted by Gasteiger charge is -2.06. The molecule has 0 fully saturated rings. The number of rotatable bonds is 8. The molecule has 3 rings (SSSR count). The van der Waals surface area contributed by atoms with Crippen LogP contribution >= 0.6 is 23.2 Å². The van der Waals surface area contributed by atoms with E-state index >= 15 is 0 Å². The topological polar surface area (TPSA) is 79.8 Å². The van der Waals surface area contributed by atoms with E-state index in [4.69, 9.17) is 27.9 Å². The van der Waals surface area contributed by atoms with Gasteiger partial charge in [0.05, 0.1) is 22.8 Å². The minimum atomic E-state index is -0.465. The van der Waals surface area contributed by atoms with Crippen LogP contribution in [0.1, 0.15) is 21.5 Å². The molecule has 0 saturated carbocycles. The molecule has 3 aromatic rings. The first-order valence-corrected chi connectivity index (χ1v) is 10.1. The molecule has 2 amide bonds. The van der Waals surface area contributed by atoms with E-state index in [1.165, 1.54) is 24.4 Å². The number of hydrazone groups is 1. The Morgan fingerprint density at radius 2 is 1.68 bits per heavy atom. The lowest BCUT2D eigenvalue weighted by Crippen LogP contribution is -2.34. The fourth-order valence-corrected chi connectivity index (χ4v) is 2.81. The van der Waals surface area contributed by atoms with Gasteiger partial charge in [0, 0.05) is 5.56 Å². The maximum Gasteiger partial charge on any atom is 0.259 e. The molecule has 0 aliphatic rings. The second kappa shape index (κ2) is 11.2. The summed E-state index contributed by atoms with van der Waals surface area (Å²) in [4.78, 5) is 23.9. The summed E-state index contributed by atoms with van der Waals surface area (Å²) in [6, 6.07) is 21.6. The summed E-state index contributed by atoms with van der Waals surface area (Å²) in [6.45, 7) is 0.251. The van der Waals surface area contributed by atoms with Crippen LogP contribution in [0.15, 0.2) is 77.9 Å². The molecule has 0 radical (unpaired) electrons. The molecule has 0 unspecified atom stereocenters. The number of hydrogen-bond acceptors (Lipinski definition) is 4. The lowest BCUT2D eigenvalue weighted by atomic mass is 10.2. The number of nitrogens with zero attached hydrogens (tertiary/aromatic N) is 1. The maximum atomic E-state index is 12.0. The highest BCUT2D eigenvalue weighted by molar-refractivity contribution is 6.42. The Morgan fingerprint density at radius 1 is 0.935 bits per heavy atom. The number of carbonyl (C=O) groups excluding carboxylic acids is 2. The van der Waals surface area contributed by atoms with Gasteiger partial charge < -0.3 is 10.1 Å². The van der Waals surface area contributed by atoms with Gasteiger partial charge in [0.1, 0.15) is 12.4 Å². The molecule has 0 aromatic heterocycles. The van der Waals surface area contributed by atoms with Crippen molar-refractivity contribution in [1.82, 2.24) is 10.7 Å². The average Bonchev–Trinajstić information content (AvgIpc) is 2.79. The summed E-state index contributed by atoms with van der Waals surface area (Å²) < 4.78 is 5.72. The fraction of sp³-hybridized carbons (Fsp3) is 0.0870. The summed E-state index contributed by atoms with van der Waals surface area (Å²) in [7, 11) is 0. The van der Waals surface area contributed by atoms with Crippen LogP contribution in [0.4, 0.5) is 0 Å². The van der Waals surface area contributed by atoms with Crippen molar-refractivity contribution >= 4 is 41.2 Å². The van der Waals surface area contributed by atoms with Gasteiger partial charge in [-0.15, -0.1) is 0 Å². The number of amides is 2. The van der Waals surface area contributed by atoms with Crippen LogP contribution in [-0.2, 0) is 11.4 Å². The summed E-state index contributed by atoms with van der Waals surface area (Å²) in [5.74, 6) is -0.175. The van der Waals surface area contributed by atoms with E-state index in [-0.39, 0.29) is 11.6 Å². The summed E-state index contributed by atoms with van der Waals surface area (Å²) in [5, 5.41) is 6.98. The highest BCUT2D eigenvalue weighted by atomic mass is 35.5. The molecule has 0 atom stereocenters. The molecule has 0 aliphatic carbocycles. The van der Waals surface area contributed by atoms with Crippen molar-refractivity contribution in [2.45, 2.75) is 6.61 Å². The molecule has 3 aromatic carbocycles. The van der Waals surface area contributed by atoms with Crippen LogP contribution < -0.4 is 15.5 Å². The second-order valence-corrected chi connectivity index (χ2v) is 7.26. The van der Waals surface area contributed by atoms with E-state index in [1.54, 1.807) is 0 Å². The molecular weight excluding hydrogens is 437 g/mol. The highest BCUT2D eigenvalue weighted by Crippen LogP contribution is 2.22. The average molecular weight is 456 g/mol. The first kappa shape index (κ1) is 22.3. The predicted molar refractivity (Wildman–Crippen MR) is 122 cm³/mol. The SMILES string of the molecule is O=C(CNC(=O)c1ccc(Cl)c(Cl)c1)NN=Cc1ccc(OCc2ccccc2)cc1. The predicted octanol–water partition coefficient (Wildman–Crippen LogP) is 4.45. The van der Waals surface area contributed by atoms with Gasteiger partial charge in [0.25, 0.3) is 11.8 Å². The van der Waals surface area contributed by atoms with Crippen molar-refractivity contribution in [1.29, 1.82) is 0 Å². The van der Waals surface area contributed by atoms with Gasteiger partial charge in [-0.25, -0.2) is 5.43 Å². The molecule has 6 nitrogen and oxygen atoms in total. The zero-order chi connectivity index (χ0) is 22.1. The monoisotopic (exact) mass is 455 g/mol. The van der Waals surface area contributed by atoms with E-state index in [1.807, 2.05) is 54.6 Å². The molecule has 0 saturated heterocycles. The Kier molecular flexibility index (Phi) is 8.04. The molecule has 0 spiro atoms. The Bertz CT molecular complexity index is 1070. The number of nitrogens with one attached hydrogen (secondary N) is 2. The van der Waals surface area contributed by atoms with Gasteiger partial charge in [-0.2, -0.15) is 5.10 Å². The van der Waals surface area contributed by atoms with E-state index < -0.39 is 11.8 Å². The third-order valence-corrected chi connectivity index (χ3v) is 4.86. The summed E-state index contributed by atoms with van der Waals surface area (Å²) >= 11 is 11.7. The van der Waals surface area contributed by atoms with Crippen molar-refractivity contribution in [3.8, 4) is 5.75 Å². The largest absolute Gasteiger partial charge is 0.489 e. The standard InChI is InChI=1S/C23H19Cl2N3O3/c24-20-11-8-18(12-21(20)25)23(30)26-14-22(29)28-27-13-16-6-9-19(10-7-16)31-15-17-4-2-1-3-5-17/h1-13H,14-15H2,(H,26,30)(H,28,29). The molecule has 0 heterocycles. The molecular formula is C23H19Cl2N3O3. The molecule has 158 valence electrons. The van der Waals surface area contributed by atoms with Crippen molar-refractivity contribution < 1.29 is 14.3 Å². The lowest BCUT2D eigenvalue weighted by molar-refractivity contribution is -0.120. The molecule has 0 aliphatic heterocycles. The van der Waals surface area contributed by atoms with Gasteiger partial charge in [0.15, 0.2) is 0 Å². The van der Waals surface area contributed by atoms with Crippen molar-refractivity contribution in [3.05, 3.63) is 99.5 Å². The van der Waals surface area contributed by atoms with Gasteiger partial charge in [0.2, 0.25) is 0 Å². The van der Waals surface area contributed by atoms with Gasteiger partial charge in [-0.05, 0) is 53.6 Å². The second-order valence-electron chi connectivity index (χ2n) is 6.45. The fourth-order valence-electron chi connectivity index (χ4n) is 2.51. The van der Waals surface area contributed by atoms with Crippen LogP contribution in [-0.4, -0.2) is 24.6 Å². The minimum Gasteiger partial charge on any atom is -0.489 e. The Hall–Kier alpha value is -3.35. The van der Waals surface area contributed by atoms with Crippen LogP contribution in [0.25, 0.3) is 0 Å². The zero-order valence-electron chi connectivity index (χ0n) is 16.3. The van der Waals surface area contributed by atoms with Crippen molar-refractivity contribution in [2.75, 3.05) is 6.54 Å². The highest BCUT2D eigenvalue weighted by Gasteiger charge is 2.09. The number of carbonyl (C=O) groups is 2. The third-order valence-electron chi connectivity index (χ3n) is 4.12. The van der Waals surface area contributed by atoms with Gasteiger partial charge >= 0.3 is 0 Å². The minimum absolute atomic E-state index is 0.233. The Balaban J connectivity index is 1.41. The zero-order valence-corrected chi connectivity index (χ0v) is 17.9. The molecule has 2 N–H and O–H groups in total. The molecule has 0 bridgehead atoms. The van der Waals surface area contributed by atoms with E-state index in [9.17, 15) is 9.59 Å². The van der Waals surface area contributed by atoms with E-state index in [2.05, 4.69) is 15.8 Å². The summed E-state index contributed by atoms with van der Waals surface area (Å²) in [6.07, 6.45) is 1.50. The number of ether oxygens (including phenoxy) is 1. The van der Waals surface area contributed by atoms with Crippen LogP contribution in [0.5, 0.6) is 5.75 Å². The van der Waals surface area contributed by atoms with Gasteiger partial charge in [-0.3, -0.25) is 9.59 Å². The van der Waals surface area contributed by atoms with Crippen LogP contribution in [0, 0.1) is 0 Å². The van der Waals surface area contributed by atoms with Gasteiger partial charge in [-0.1, -0.05) is 53.5 Å². The summed E-state index contributed by atoms with van der Waals surface area (Å²) in [5.41, 5.74) is 4.53. The normalized spacial score (nSPS) is 10.6. The number of halogens is 2. The van der Waals surface area contributed by atoms with Crippen LogP contribution in [0.3, 0.4) is 0 Å². The molecule has 31 heavy (non-hydrogen) atoms. The molecule has 8 heteroatoms. The Labute approximate surface area is 189 Å². The maximum absolute atomic E-state index is 12.0. The number of hydrogen-bond donors (Lipinski definition) is 2. The Morgan fingerprint density at radius 3 is 2.39 bits per heavy atom. The first-order valence-electron chi connectivity index (χ1n) is 9.33. The third kappa shape index (κ3) is 7.13. The van der Waals surface area contributed by atoms with E-state index in [0.29, 0.717) is 17.2 Å². The smallest absolute Gasteiger partial charge is 0.259 e. The quantitative estimate of drug-likeness (QED) is 0.388. The van der Waals surface area contributed by atoms with Crippen molar-refractivity contribution in [2.24, 2.45) is 5.10 Å². The number of benzene rings is 3.